The van der Waals surface area contributed by atoms with Gasteiger partial charge in [-0.3, -0.25) is 0 Å². The van der Waals surface area contributed by atoms with Crippen LogP contribution >= 0.6 is 38.0 Å². The van der Waals surface area contributed by atoms with Gasteiger partial charge in [0.1, 0.15) is 0 Å². The summed E-state index contributed by atoms with van der Waals surface area (Å²) in [4.78, 5) is 1.21. The van der Waals surface area contributed by atoms with Crippen LogP contribution in [0.25, 0.3) is 0 Å². The van der Waals surface area contributed by atoms with E-state index in [-0.39, 0.29) is 0 Å². The molecule has 144 valence electrons. The molecule has 0 aliphatic rings. The molecule has 0 aliphatic heterocycles. The summed E-state index contributed by atoms with van der Waals surface area (Å²) in [5.41, 5.74) is 0. The van der Waals surface area contributed by atoms with E-state index in [2.05, 4.69) is 143 Å². The average molecular weight is 524 g/mol. The quantitative estimate of drug-likeness (QED) is 0.147. The van der Waals surface area contributed by atoms with Crippen LogP contribution in [-0.4, -0.2) is 0 Å². The van der Waals surface area contributed by atoms with Gasteiger partial charge in [0.25, 0.3) is 0 Å². The van der Waals surface area contributed by atoms with Gasteiger partial charge in [0.05, 0.1) is 0 Å². The summed E-state index contributed by atoms with van der Waals surface area (Å²) in [5, 5.41) is 3.97. The zero-order chi connectivity index (χ0) is 20.2. The molecule has 0 amide bonds. The van der Waals surface area contributed by atoms with Gasteiger partial charge in [0, 0.05) is 0 Å². The fourth-order valence-electron chi connectivity index (χ4n) is 3.71. The van der Waals surface area contributed by atoms with Crippen LogP contribution in [0.4, 0.5) is 0 Å². The van der Waals surface area contributed by atoms with Crippen molar-refractivity contribution in [2.75, 3.05) is 0 Å². The standard InChI is InChI=1S/C26H22IPS/c1-22(29-26-20-12-5-13-21-26)28(27,23-14-6-2-7-15-23,24-16-8-3-9-17-24)25-18-10-4-11-19-25/h2-21H,1H2. The predicted octanol–water partition coefficient (Wildman–Crippen LogP) is 7.13. The average Bonchev–Trinajstić information content (AvgIpc) is 2.81. The molecule has 4 rings (SSSR count). The van der Waals surface area contributed by atoms with Crippen molar-refractivity contribution in [3.63, 3.8) is 0 Å². The molecule has 0 unspecified atom stereocenters. The molecule has 0 saturated heterocycles. The molecule has 29 heavy (non-hydrogen) atoms. The summed E-state index contributed by atoms with van der Waals surface area (Å²) in [5.74, 6) is 0. The Hall–Kier alpha value is -1.87. The molecule has 0 fully saturated rings. The second-order valence-corrected chi connectivity index (χ2v) is 18.2. The van der Waals surface area contributed by atoms with E-state index in [0.717, 1.165) is 0 Å². The molecule has 0 bridgehead atoms. The number of hydrogen-bond donors (Lipinski definition) is 0. The summed E-state index contributed by atoms with van der Waals surface area (Å²) in [6, 6.07) is 43.3. The predicted molar refractivity (Wildman–Crippen MR) is 141 cm³/mol. The number of rotatable bonds is 6. The van der Waals surface area contributed by atoms with E-state index in [0.29, 0.717) is 0 Å². The zero-order valence-corrected chi connectivity index (χ0v) is 19.9. The Bertz CT molecular complexity index is 997. The Morgan fingerprint density at radius 1 is 0.552 bits per heavy atom. The number of halogens is 1. The molecule has 0 radical (unpaired) electrons. The van der Waals surface area contributed by atoms with Crippen LogP contribution in [0.3, 0.4) is 0 Å². The Kier molecular flexibility index (Phi) is 5.96. The van der Waals surface area contributed by atoms with E-state index in [1.54, 1.807) is 11.8 Å². The van der Waals surface area contributed by atoms with E-state index in [9.17, 15) is 0 Å². The molecule has 0 heterocycles. The number of hydrogen-bond acceptors (Lipinski definition) is 1. The third kappa shape index (κ3) is 3.48. The van der Waals surface area contributed by atoms with Gasteiger partial charge in [-0.2, -0.15) is 0 Å². The summed E-state index contributed by atoms with van der Waals surface area (Å²) >= 11 is 4.56. The first-order chi connectivity index (χ1) is 14.1. The summed E-state index contributed by atoms with van der Waals surface area (Å²) in [6.45, 7) is 4.74. The van der Waals surface area contributed by atoms with Crippen LogP contribution in [-0.2, 0) is 0 Å². The van der Waals surface area contributed by atoms with Crippen molar-refractivity contribution in [3.05, 3.63) is 133 Å². The van der Waals surface area contributed by atoms with Crippen molar-refractivity contribution in [1.29, 1.82) is 0 Å². The molecule has 0 aromatic heterocycles. The maximum atomic E-state index is 4.74. The van der Waals surface area contributed by atoms with Crippen LogP contribution in [0, 0.1) is 0 Å². The summed E-state index contributed by atoms with van der Waals surface area (Å²) < 4.78 is -1.80. The Morgan fingerprint density at radius 2 is 0.862 bits per heavy atom. The van der Waals surface area contributed by atoms with Crippen molar-refractivity contribution >= 4 is 54.0 Å². The third-order valence-electron chi connectivity index (χ3n) is 5.17. The van der Waals surface area contributed by atoms with Gasteiger partial charge in [0.2, 0.25) is 0 Å². The van der Waals surface area contributed by atoms with Crippen molar-refractivity contribution in [2.24, 2.45) is 0 Å². The van der Waals surface area contributed by atoms with Crippen molar-refractivity contribution in [1.82, 2.24) is 0 Å². The Labute approximate surface area is 190 Å². The molecule has 0 saturated carbocycles. The molecule has 3 heteroatoms. The second kappa shape index (κ2) is 8.47. The molecule has 0 nitrogen and oxygen atoms in total. The van der Waals surface area contributed by atoms with E-state index in [4.69, 9.17) is 6.58 Å². The molecule has 4 aromatic rings. The van der Waals surface area contributed by atoms with Gasteiger partial charge in [-0.15, -0.1) is 0 Å². The Morgan fingerprint density at radius 3 is 1.21 bits per heavy atom. The normalized spacial score (nSPS) is 12.7. The van der Waals surface area contributed by atoms with E-state index >= 15 is 0 Å². The first-order valence-corrected chi connectivity index (χ1v) is 15.3. The molecule has 0 spiro atoms. The van der Waals surface area contributed by atoms with Crippen LogP contribution in [0.1, 0.15) is 0 Å². The van der Waals surface area contributed by atoms with Crippen LogP contribution < -0.4 is 15.9 Å². The van der Waals surface area contributed by atoms with Gasteiger partial charge < -0.3 is 0 Å². The van der Waals surface area contributed by atoms with E-state index in [1.807, 2.05) is 0 Å². The van der Waals surface area contributed by atoms with Gasteiger partial charge >= 0.3 is 191 Å². The molecule has 0 atom stereocenters. The van der Waals surface area contributed by atoms with Gasteiger partial charge in [-0.05, 0) is 0 Å². The van der Waals surface area contributed by atoms with Gasteiger partial charge in [0.15, 0.2) is 0 Å². The van der Waals surface area contributed by atoms with E-state index < -0.39 is 4.25 Å². The van der Waals surface area contributed by atoms with Crippen LogP contribution in [0.15, 0.2) is 137 Å². The van der Waals surface area contributed by atoms with Crippen LogP contribution in [0.2, 0.25) is 0 Å². The van der Waals surface area contributed by atoms with E-state index in [1.165, 1.54) is 25.5 Å². The zero-order valence-electron chi connectivity index (χ0n) is 16.0. The first-order valence-electron chi connectivity index (χ1n) is 9.47. The molecule has 4 aromatic carbocycles. The fourth-order valence-corrected chi connectivity index (χ4v) is 14.0. The topological polar surface area (TPSA) is 0 Å². The fraction of sp³-hybridized carbons (Fsp3) is 0. The number of benzene rings is 4. The molecule has 0 N–H and O–H groups in total. The third-order valence-corrected chi connectivity index (χ3v) is 19.8. The van der Waals surface area contributed by atoms with Gasteiger partial charge in [-0.1, -0.05) is 0 Å². The molecule has 0 aliphatic carbocycles. The monoisotopic (exact) mass is 524 g/mol. The Balaban J connectivity index is 2.06. The van der Waals surface area contributed by atoms with Gasteiger partial charge in [-0.25, -0.2) is 0 Å². The maximum absolute atomic E-state index is 4.74. The second-order valence-electron chi connectivity index (χ2n) is 6.82. The minimum absolute atomic E-state index is 1.19. The minimum atomic E-state index is -2.99. The number of thioether (sulfide) groups is 1. The first kappa shape index (κ1) is 20.4. The summed E-state index contributed by atoms with van der Waals surface area (Å²) in [6.07, 6.45) is 0. The SMILES string of the molecule is C=C(Sc1ccccc1)P(I)(c1ccccc1)(c1ccccc1)c1ccccc1. The van der Waals surface area contributed by atoms with Crippen molar-refractivity contribution < 1.29 is 0 Å². The molecular formula is C26H22IPS. The van der Waals surface area contributed by atoms with Crippen molar-refractivity contribution in [2.45, 2.75) is 4.90 Å². The van der Waals surface area contributed by atoms with Crippen LogP contribution in [0.5, 0.6) is 0 Å². The molecular weight excluding hydrogens is 502 g/mol. The summed E-state index contributed by atoms with van der Waals surface area (Å²) in [7, 11) is 0. The van der Waals surface area contributed by atoms with Crippen molar-refractivity contribution in [3.8, 4) is 0 Å².